The van der Waals surface area contributed by atoms with Crippen molar-refractivity contribution in [1.29, 1.82) is 5.41 Å². The second kappa shape index (κ2) is 6.08. The van der Waals surface area contributed by atoms with Crippen LogP contribution >= 0.6 is 23.4 Å². The predicted molar refractivity (Wildman–Crippen MR) is 81.0 cm³/mol. The highest BCUT2D eigenvalue weighted by atomic mass is 35.5. The molecule has 3 N–H and O–H groups in total. The number of hydrogen-bond acceptors (Lipinski definition) is 3. The normalized spacial score (nSPS) is 10.4. The van der Waals surface area contributed by atoms with E-state index in [1.807, 2.05) is 12.1 Å². The maximum atomic E-state index is 7.46. The van der Waals surface area contributed by atoms with Gasteiger partial charge in [0.2, 0.25) is 0 Å². The van der Waals surface area contributed by atoms with E-state index in [-0.39, 0.29) is 5.84 Å². The Labute approximate surface area is 121 Å². The van der Waals surface area contributed by atoms with E-state index < -0.39 is 0 Å². The van der Waals surface area contributed by atoms with Crippen molar-refractivity contribution < 1.29 is 0 Å². The Bertz CT molecular complexity index is 613. The SMILES string of the molecule is Cc1ccccc1CSc1nccc(C(=N)N)c1Cl. The Morgan fingerprint density at radius 1 is 1.37 bits per heavy atom. The number of halogens is 1. The second-order valence-corrected chi connectivity index (χ2v) is 5.45. The Morgan fingerprint density at radius 2 is 2.11 bits per heavy atom. The number of thioether (sulfide) groups is 1. The Morgan fingerprint density at radius 3 is 2.79 bits per heavy atom. The van der Waals surface area contributed by atoms with Crippen LogP contribution < -0.4 is 5.73 Å². The van der Waals surface area contributed by atoms with Crippen LogP contribution in [0.25, 0.3) is 0 Å². The predicted octanol–water partition coefficient (Wildman–Crippen LogP) is 3.62. The lowest BCUT2D eigenvalue weighted by Crippen LogP contribution is -2.12. The van der Waals surface area contributed by atoms with Gasteiger partial charge in [-0.3, -0.25) is 5.41 Å². The number of nitrogens with zero attached hydrogens (tertiary/aromatic N) is 1. The van der Waals surface area contributed by atoms with Crippen LogP contribution in [0.2, 0.25) is 5.02 Å². The summed E-state index contributed by atoms with van der Waals surface area (Å²) in [6.45, 7) is 2.08. The van der Waals surface area contributed by atoms with Crippen LogP contribution in [0, 0.1) is 12.3 Å². The molecule has 2 rings (SSSR count). The molecule has 0 radical (unpaired) electrons. The molecule has 98 valence electrons. The summed E-state index contributed by atoms with van der Waals surface area (Å²) in [5.74, 6) is 0.756. The Hall–Kier alpha value is -1.52. The van der Waals surface area contributed by atoms with E-state index in [1.165, 1.54) is 11.1 Å². The number of aromatic nitrogens is 1. The van der Waals surface area contributed by atoms with E-state index in [9.17, 15) is 0 Å². The first-order valence-corrected chi connectivity index (χ1v) is 7.12. The number of amidine groups is 1. The van der Waals surface area contributed by atoms with Crippen molar-refractivity contribution in [3.8, 4) is 0 Å². The summed E-state index contributed by atoms with van der Waals surface area (Å²) in [6, 6.07) is 9.86. The molecule has 1 heterocycles. The molecule has 5 heteroatoms. The molecule has 0 atom stereocenters. The average molecular weight is 292 g/mol. The molecule has 0 aliphatic rings. The van der Waals surface area contributed by atoms with Crippen LogP contribution in [0.1, 0.15) is 16.7 Å². The summed E-state index contributed by atoms with van der Waals surface area (Å²) < 4.78 is 0. The van der Waals surface area contributed by atoms with Crippen molar-refractivity contribution in [3.63, 3.8) is 0 Å². The second-order valence-electron chi connectivity index (χ2n) is 4.11. The van der Waals surface area contributed by atoms with Crippen molar-refractivity contribution in [2.24, 2.45) is 5.73 Å². The highest BCUT2D eigenvalue weighted by Crippen LogP contribution is 2.30. The molecule has 19 heavy (non-hydrogen) atoms. The maximum Gasteiger partial charge on any atom is 0.124 e. The number of hydrogen-bond donors (Lipinski definition) is 2. The summed E-state index contributed by atoms with van der Waals surface area (Å²) in [5, 5.41) is 8.62. The molecule has 0 aliphatic carbocycles. The standard InChI is InChI=1S/C14H14ClN3S/c1-9-4-2-3-5-10(9)8-19-14-12(15)11(13(16)17)6-7-18-14/h2-7H,8H2,1H3,(H3,16,17). The summed E-state index contributed by atoms with van der Waals surface area (Å²) in [4.78, 5) is 4.24. The van der Waals surface area contributed by atoms with Crippen LogP contribution in [-0.4, -0.2) is 10.8 Å². The summed E-state index contributed by atoms with van der Waals surface area (Å²) >= 11 is 7.76. The third kappa shape index (κ3) is 3.28. The van der Waals surface area contributed by atoms with Crippen molar-refractivity contribution >= 4 is 29.2 Å². The molecule has 0 saturated heterocycles. The topological polar surface area (TPSA) is 62.8 Å². The van der Waals surface area contributed by atoms with Crippen LogP contribution in [0.3, 0.4) is 0 Å². The van der Waals surface area contributed by atoms with Gasteiger partial charge in [-0.05, 0) is 24.1 Å². The van der Waals surface area contributed by atoms with Gasteiger partial charge in [0.15, 0.2) is 0 Å². The molecule has 0 amide bonds. The van der Waals surface area contributed by atoms with Gasteiger partial charge < -0.3 is 5.73 Å². The van der Waals surface area contributed by atoms with E-state index >= 15 is 0 Å². The number of benzene rings is 1. The fraction of sp³-hybridized carbons (Fsp3) is 0.143. The minimum atomic E-state index is -0.0369. The molecule has 0 aliphatic heterocycles. The molecule has 0 spiro atoms. The minimum Gasteiger partial charge on any atom is -0.384 e. The molecule has 0 bridgehead atoms. The van der Waals surface area contributed by atoms with Crippen LogP contribution in [0.4, 0.5) is 0 Å². The Kier molecular flexibility index (Phi) is 4.45. The van der Waals surface area contributed by atoms with Crippen molar-refractivity contribution in [3.05, 3.63) is 58.2 Å². The molecule has 1 aromatic heterocycles. The number of nitrogen functional groups attached to an aromatic ring is 1. The largest absolute Gasteiger partial charge is 0.384 e. The molecular formula is C14H14ClN3S. The zero-order valence-electron chi connectivity index (χ0n) is 10.5. The lowest BCUT2D eigenvalue weighted by Gasteiger charge is -2.08. The first-order valence-electron chi connectivity index (χ1n) is 5.76. The van der Waals surface area contributed by atoms with E-state index in [1.54, 1.807) is 24.0 Å². The van der Waals surface area contributed by atoms with E-state index in [0.717, 1.165) is 5.75 Å². The van der Waals surface area contributed by atoms with Crippen LogP contribution in [0.5, 0.6) is 0 Å². The smallest absolute Gasteiger partial charge is 0.124 e. The van der Waals surface area contributed by atoms with Gasteiger partial charge in [0.1, 0.15) is 10.9 Å². The molecular weight excluding hydrogens is 278 g/mol. The average Bonchev–Trinajstić information content (AvgIpc) is 2.39. The van der Waals surface area contributed by atoms with Crippen molar-refractivity contribution in [2.45, 2.75) is 17.7 Å². The first kappa shape index (κ1) is 13.9. The number of pyridine rings is 1. The van der Waals surface area contributed by atoms with Gasteiger partial charge in [-0.1, -0.05) is 35.9 Å². The van der Waals surface area contributed by atoms with Gasteiger partial charge in [0.05, 0.1) is 5.02 Å². The van der Waals surface area contributed by atoms with Crippen molar-refractivity contribution in [2.75, 3.05) is 0 Å². The Balaban J connectivity index is 2.19. The van der Waals surface area contributed by atoms with Crippen LogP contribution in [0.15, 0.2) is 41.6 Å². The van der Waals surface area contributed by atoms with E-state index in [2.05, 4.69) is 24.0 Å². The van der Waals surface area contributed by atoms with E-state index in [4.69, 9.17) is 22.7 Å². The van der Waals surface area contributed by atoms with E-state index in [0.29, 0.717) is 15.6 Å². The first-order chi connectivity index (χ1) is 9.09. The third-order valence-corrected chi connectivity index (χ3v) is 4.31. The lowest BCUT2D eigenvalue weighted by molar-refractivity contribution is 1.12. The zero-order valence-corrected chi connectivity index (χ0v) is 12.1. The quantitative estimate of drug-likeness (QED) is 0.514. The summed E-state index contributed by atoms with van der Waals surface area (Å²) in [6.07, 6.45) is 1.63. The van der Waals surface area contributed by atoms with Gasteiger partial charge in [-0.15, -0.1) is 11.8 Å². The van der Waals surface area contributed by atoms with Gasteiger partial charge >= 0.3 is 0 Å². The lowest BCUT2D eigenvalue weighted by atomic mass is 10.1. The van der Waals surface area contributed by atoms with Crippen LogP contribution in [-0.2, 0) is 5.75 Å². The third-order valence-electron chi connectivity index (χ3n) is 2.77. The van der Waals surface area contributed by atoms with Crippen molar-refractivity contribution in [1.82, 2.24) is 4.98 Å². The van der Waals surface area contributed by atoms with Gasteiger partial charge in [-0.25, -0.2) is 4.98 Å². The monoisotopic (exact) mass is 291 g/mol. The zero-order chi connectivity index (χ0) is 13.8. The number of nitrogens with two attached hydrogens (primary N) is 1. The number of rotatable bonds is 4. The maximum absolute atomic E-state index is 7.46. The molecule has 0 unspecified atom stereocenters. The molecule has 0 saturated carbocycles. The van der Waals surface area contributed by atoms with Gasteiger partial charge in [0.25, 0.3) is 0 Å². The van der Waals surface area contributed by atoms with Gasteiger partial charge in [-0.2, -0.15) is 0 Å². The molecule has 0 fully saturated rings. The molecule has 3 nitrogen and oxygen atoms in total. The minimum absolute atomic E-state index is 0.0369. The van der Waals surface area contributed by atoms with Gasteiger partial charge in [0, 0.05) is 17.5 Å². The fourth-order valence-electron chi connectivity index (χ4n) is 1.65. The molecule has 2 aromatic rings. The number of aryl methyl sites for hydroxylation is 1. The highest BCUT2D eigenvalue weighted by Gasteiger charge is 2.10. The summed E-state index contributed by atoms with van der Waals surface area (Å²) in [7, 11) is 0. The molecule has 1 aromatic carbocycles. The highest BCUT2D eigenvalue weighted by molar-refractivity contribution is 7.98. The summed E-state index contributed by atoms with van der Waals surface area (Å²) in [5.41, 5.74) is 8.50. The number of nitrogens with one attached hydrogen (secondary N) is 1. The fourth-order valence-corrected chi connectivity index (χ4v) is 3.02.